The van der Waals surface area contributed by atoms with Crippen LogP contribution in [0.2, 0.25) is 0 Å². The quantitative estimate of drug-likeness (QED) is 0.101. The Bertz CT molecular complexity index is 2060. The lowest BCUT2D eigenvalue weighted by molar-refractivity contribution is -0.120. The van der Waals surface area contributed by atoms with E-state index in [0.717, 1.165) is 51.4 Å². The maximum absolute atomic E-state index is 12.8. The highest BCUT2D eigenvalue weighted by Crippen LogP contribution is 2.18. The van der Waals surface area contributed by atoms with Crippen molar-refractivity contribution < 1.29 is 23.1 Å². The number of sulfonamides is 1. The SMILES string of the molecule is CNS(=O)(=O)c1ccc(CNC(=O)c2ccc(CNC(=O)Cc3cccc(C[C@@H](C)NC[C@@H](O)c4ccc(-n5c(C)ccc5C)nc4)c3)cc2)cc1. The number of nitrogens with zero attached hydrogens (tertiary/aromatic N) is 2. The van der Waals surface area contributed by atoms with Gasteiger partial charge in [-0.15, -0.1) is 0 Å². The molecule has 0 aliphatic carbocycles. The van der Waals surface area contributed by atoms with E-state index in [4.69, 9.17) is 0 Å². The maximum Gasteiger partial charge on any atom is 0.251 e. The Morgan fingerprint density at radius 2 is 1.44 bits per heavy atom. The van der Waals surface area contributed by atoms with Crippen LogP contribution in [0, 0.1) is 13.8 Å². The van der Waals surface area contributed by atoms with Crippen LogP contribution in [0.15, 0.2) is 108 Å². The van der Waals surface area contributed by atoms with Crippen molar-refractivity contribution in [3.63, 3.8) is 0 Å². The lowest BCUT2D eigenvalue weighted by Crippen LogP contribution is -2.32. The number of amides is 2. The van der Waals surface area contributed by atoms with Crippen molar-refractivity contribution in [2.45, 2.75) is 63.7 Å². The minimum atomic E-state index is -3.52. The second kappa shape index (κ2) is 17.4. The van der Waals surface area contributed by atoms with Crippen LogP contribution in [0.25, 0.3) is 5.82 Å². The summed E-state index contributed by atoms with van der Waals surface area (Å²) < 4.78 is 28.1. The molecule has 5 N–H and O–H groups in total. The highest BCUT2D eigenvalue weighted by atomic mass is 32.2. The number of rotatable bonds is 16. The van der Waals surface area contributed by atoms with Gasteiger partial charge in [0, 0.05) is 54.4 Å². The number of aliphatic hydroxyl groups is 1. The largest absolute Gasteiger partial charge is 0.387 e. The van der Waals surface area contributed by atoms with Gasteiger partial charge in [-0.2, -0.15) is 0 Å². The first kappa shape index (κ1) is 38.1. The molecule has 0 bridgehead atoms. The molecule has 0 saturated carbocycles. The topological polar surface area (TPSA) is 154 Å². The normalized spacial score (nSPS) is 12.6. The zero-order chi connectivity index (χ0) is 37.3. The third-order valence-corrected chi connectivity index (χ3v) is 10.3. The molecule has 5 rings (SSSR count). The number of aryl methyl sites for hydroxylation is 2. The highest BCUT2D eigenvalue weighted by molar-refractivity contribution is 7.89. The van der Waals surface area contributed by atoms with E-state index in [1.54, 1.807) is 42.6 Å². The van der Waals surface area contributed by atoms with Gasteiger partial charge < -0.3 is 25.6 Å². The fraction of sp³-hybridized carbons (Fsp3) is 0.275. The molecule has 2 heterocycles. The van der Waals surface area contributed by atoms with Crippen LogP contribution >= 0.6 is 0 Å². The Hall–Kier alpha value is -5.14. The summed E-state index contributed by atoms with van der Waals surface area (Å²) in [7, 11) is -2.16. The molecule has 0 unspecified atom stereocenters. The minimum absolute atomic E-state index is 0.0946. The number of benzene rings is 3. The molecule has 0 fully saturated rings. The molecular weight excluding hydrogens is 677 g/mol. The molecule has 0 spiro atoms. The van der Waals surface area contributed by atoms with E-state index in [2.05, 4.69) is 49.3 Å². The van der Waals surface area contributed by atoms with Gasteiger partial charge in [-0.3, -0.25) is 9.59 Å². The molecule has 0 aliphatic rings. The smallest absolute Gasteiger partial charge is 0.251 e. The van der Waals surface area contributed by atoms with Gasteiger partial charge in [-0.25, -0.2) is 18.1 Å². The molecule has 2 atom stereocenters. The lowest BCUT2D eigenvalue weighted by atomic mass is 10.0. The second-order valence-corrected chi connectivity index (χ2v) is 14.8. The van der Waals surface area contributed by atoms with Crippen molar-refractivity contribution in [2.24, 2.45) is 0 Å². The Labute approximate surface area is 305 Å². The number of hydrogen-bond donors (Lipinski definition) is 5. The number of aliphatic hydroxyl groups excluding tert-OH is 1. The summed E-state index contributed by atoms with van der Waals surface area (Å²) in [4.78, 5) is 30.2. The monoisotopic (exact) mass is 722 g/mol. The summed E-state index contributed by atoms with van der Waals surface area (Å²) in [6.45, 7) is 7.11. The first-order chi connectivity index (χ1) is 24.9. The average Bonchev–Trinajstić information content (AvgIpc) is 3.49. The number of carbonyl (C=O) groups is 2. The van der Waals surface area contributed by atoms with Crippen LogP contribution in [0.4, 0.5) is 0 Å². The fourth-order valence-corrected chi connectivity index (χ4v) is 6.62. The molecule has 0 aliphatic heterocycles. The summed E-state index contributed by atoms with van der Waals surface area (Å²) in [5.74, 6) is 0.458. The summed E-state index contributed by atoms with van der Waals surface area (Å²) >= 11 is 0. The van der Waals surface area contributed by atoms with Crippen molar-refractivity contribution in [2.75, 3.05) is 13.6 Å². The number of hydrogen-bond acceptors (Lipinski definition) is 7. The van der Waals surface area contributed by atoms with Crippen molar-refractivity contribution in [1.82, 2.24) is 30.2 Å². The van der Waals surface area contributed by atoms with Crippen LogP contribution in [0.5, 0.6) is 0 Å². The zero-order valence-electron chi connectivity index (χ0n) is 29.9. The van der Waals surface area contributed by atoms with E-state index in [1.165, 1.54) is 19.2 Å². The summed E-state index contributed by atoms with van der Waals surface area (Å²) in [6, 6.07) is 29.3. The second-order valence-electron chi connectivity index (χ2n) is 12.9. The van der Waals surface area contributed by atoms with Crippen LogP contribution in [0.3, 0.4) is 0 Å². The molecule has 52 heavy (non-hydrogen) atoms. The third-order valence-electron chi connectivity index (χ3n) is 8.87. The van der Waals surface area contributed by atoms with Crippen molar-refractivity contribution in [3.8, 4) is 5.82 Å². The Morgan fingerprint density at radius 1 is 0.808 bits per heavy atom. The number of pyridine rings is 1. The van der Waals surface area contributed by atoms with E-state index in [-0.39, 0.29) is 35.7 Å². The standard InChI is InChI=1S/C40H46N6O5S/c1-27(42-26-37(47)35-16-19-38(43-25-35)46-28(2)8-9-29(46)3)20-32-6-5-7-33(21-32)22-39(48)44-23-30-10-14-34(15-11-30)40(49)45-24-31-12-17-36(18-13-31)52(50,51)41-4/h5-19,21,25,27,37,41-42,47H,20,22-24,26H2,1-4H3,(H,44,48)(H,45,49)/t27-,37-/m1/s1. The third kappa shape index (κ3) is 10.2. The van der Waals surface area contributed by atoms with E-state index in [9.17, 15) is 23.1 Å². The summed E-state index contributed by atoms with van der Waals surface area (Å²) in [5, 5.41) is 20.0. The molecule has 0 saturated heterocycles. The van der Waals surface area contributed by atoms with Gasteiger partial charge in [0.25, 0.3) is 5.91 Å². The zero-order valence-corrected chi connectivity index (χ0v) is 30.7. The minimum Gasteiger partial charge on any atom is -0.387 e. The molecule has 5 aromatic rings. The Morgan fingerprint density at radius 3 is 2.08 bits per heavy atom. The molecule has 3 aromatic carbocycles. The lowest BCUT2D eigenvalue weighted by Gasteiger charge is -2.18. The van der Waals surface area contributed by atoms with E-state index in [1.807, 2.05) is 50.2 Å². The van der Waals surface area contributed by atoms with Gasteiger partial charge in [0.1, 0.15) is 5.82 Å². The van der Waals surface area contributed by atoms with Crippen LogP contribution in [-0.4, -0.2) is 54.5 Å². The average molecular weight is 723 g/mol. The fourth-order valence-electron chi connectivity index (χ4n) is 5.89. The first-order valence-electron chi connectivity index (χ1n) is 17.2. The molecule has 2 amide bonds. The van der Waals surface area contributed by atoms with Gasteiger partial charge in [0.15, 0.2) is 0 Å². The van der Waals surface area contributed by atoms with Gasteiger partial charge in [0.2, 0.25) is 15.9 Å². The predicted octanol–water partition coefficient (Wildman–Crippen LogP) is 4.44. The molecular formula is C40H46N6O5S. The van der Waals surface area contributed by atoms with Crippen LogP contribution in [0.1, 0.15) is 62.6 Å². The van der Waals surface area contributed by atoms with Crippen LogP contribution < -0.4 is 20.7 Å². The Kier molecular flexibility index (Phi) is 12.7. The van der Waals surface area contributed by atoms with Crippen molar-refractivity contribution >= 4 is 21.8 Å². The van der Waals surface area contributed by atoms with E-state index in [0.29, 0.717) is 18.7 Å². The molecule has 2 aromatic heterocycles. The molecule has 0 radical (unpaired) electrons. The van der Waals surface area contributed by atoms with E-state index < -0.39 is 16.1 Å². The highest BCUT2D eigenvalue weighted by Gasteiger charge is 2.14. The summed E-state index contributed by atoms with van der Waals surface area (Å²) in [6.07, 6.45) is 2.01. The molecule has 12 heteroatoms. The molecule has 11 nitrogen and oxygen atoms in total. The number of nitrogens with one attached hydrogen (secondary N) is 4. The molecule has 272 valence electrons. The summed E-state index contributed by atoms with van der Waals surface area (Å²) in [5.41, 5.74) is 7.07. The van der Waals surface area contributed by atoms with Gasteiger partial charge >= 0.3 is 0 Å². The first-order valence-corrected chi connectivity index (χ1v) is 18.7. The van der Waals surface area contributed by atoms with Gasteiger partial charge in [0.05, 0.1) is 17.4 Å². The van der Waals surface area contributed by atoms with Crippen LogP contribution in [-0.2, 0) is 40.7 Å². The van der Waals surface area contributed by atoms with Gasteiger partial charge in [-0.05, 0) is 99.0 Å². The van der Waals surface area contributed by atoms with E-state index >= 15 is 0 Å². The van der Waals surface area contributed by atoms with Crippen molar-refractivity contribution in [1.29, 1.82) is 0 Å². The van der Waals surface area contributed by atoms with Gasteiger partial charge in [-0.1, -0.05) is 54.6 Å². The van der Waals surface area contributed by atoms with Crippen molar-refractivity contribution in [3.05, 3.63) is 148 Å². The number of carbonyl (C=O) groups excluding carboxylic acids is 2. The maximum atomic E-state index is 12.8. The predicted molar refractivity (Wildman–Crippen MR) is 201 cm³/mol. The Balaban J connectivity index is 1.03. The number of aromatic nitrogens is 2.